The highest BCUT2D eigenvalue weighted by Gasteiger charge is 2.23. The number of halogens is 1. The lowest BCUT2D eigenvalue weighted by Gasteiger charge is -2.31. The number of piperidine rings is 1. The number of nitrogens with one attached hydrogen (secondary N) is 2. The maximum atomic E-state index is 12.0. The topological polar surface area (TPSA) is 70.7 Å². The molecule has 2 rings (SSSR count). The van der Waals surface area contributed by atoms with Crippen molar-refractivity contribution < 1.29 is 14.3 Å². The van der Waals surface area contributed by atoms with E-state index in [2.05, 4.69) is 26.6 Å². The molecule has 0 aromatic heterocycles. The third-order valence-electron chi connectivity index (χ3n) is 4.03. The largest absolute Gasteiger partial charge is 0.450 e. The highest BCUT2D eigenvalue weighted by molar-refractivity contribution is 9.10. The van der Waals surface area contributed by atoms with E-state index in [0.29, 0.717) is 19.7 Å². The first-order valence-corrected chi connectivity index (χ1v) is 9.00. The molecule has 0 radical (unpaired) electrons. The molecule has 1 aliphatic rings. The Morgan fingerprint density at radius 1 is 1.33 bits per heavy atom. The molecule has 2 amide bonds. The zero-order valence-electron chi connectivity index (χ0n) is 14.1. The Bertz CT molecular complexity index is 586. The van der Waals surface area contributed by atoms with Crippen molar-refractivity contribution in [2.75, 3.05) is 31.6 Å². The van der Waals surface area contributed by atoms with Crippen LogP contribution in [0.1, 0.15) is 25.3 Å². The summed E-state index contributed by atoms with van der Waals surface area (Å²) in [7, 11) is 0. The Hall–Kier alpha value is -1.60. The monoisotopic (exact) mass is 397 g/mol. The van der Waals surface area contributed by atoms with Crippen LogP contribution in [-0.4, -0.2) is 49.2 Å². The van der Waals surface area contributed by atoms with Crippen molar-refractivity contribution in [3.8, 4) is 0 Å². The normalized spacial score (nSPS) is 15.2. The number of ether oxygens (including phenoxy) is 1. The lowest BCUT2D eigenvalue weighted by Crippen LogP contribution is -2.46. The molecule has 1 aromatic carbocycles. The van der Waals surface area contributed by atoms with Gasteiger partial charge in [-0.2, -0.15) is 0 Å². The Morgan fingerprint density at radius 2 is 2.04 bits per heavy atom. The van der Waals surface area contributed by atoms with Crippen LogP contribution in [0.25, 0.3) is 0 Å². The molecule has 7 heteroatoms. The van der Waals surface area contributed by atoms with E-state index in [1.165, 1.54) is 0 Å². The first-order valence-electron chi connectivity index (χ1n) is 8.20. The molecule has 0 spiro atoms. The third kappa shape index (κ3) is 5.49. The van der Waals surface area contributed by atoms with Gasteiger partial charge in [0.05, 0.1) is 13.2 Å². The molecular weight excluding hydrogens is 374 g/mol. The van der Waals surface area contributed by atoms with Crippen LogP contribution in [0, 0.1) is 6.92 Å². The average molecular weight is 398 g/mol. The third-order valence-corrected chi connectivity index (χ3v) is 4.88. The van der Waals surface area contributed by atoms with Gasteiger partial charge in [0, 0.05) is 29.3 Å². The average Bonchev–Trinajstić information content (AvgIpc) is 2.57. The predicted molar refractivity (Wildman–Crippen MR) is 97.1 cm³/mol. The fourth-order valence-corrected chi connectivity index (χ4v) is 2.97. The van der Waals surface area contributed by atoms with Crippen LogP contribution < -0.4 is 10.6 Å². The van der Waals surface area contributed by atoms with E-state index in [9.17, 15) is 9.59 Å². The first kappa shape index (κ1) is 18.7. The number of likely N-dealkylation sites (tertiary alicyclic amines) is 1. The predicted octanol–water partition coefficient (Wildman–Crippen LogP) is 2.91. The lowest BCUT2D eigenvalue weighted by atomic mass is 10.1. The van der Waals surface area contributed by atoms with E-state index in [1.807, 2.05) is 25.1 Å². The summed E-state index contributed by atoms with van der Waals surface area (Å²) in [5, 5.41) is 6.13. The molecule has 0 unspecified atom stereocenters. The lowest BCUT2D eigenvalue weighted by molar-refractivity contribution is -0.115. The van der Waals surface area contributed by atoms with Crippen LogP contribution in [0.4, 0.5) is 10.5 Å². The van der Waals surface area contributed by atoms with Gasteiger partial charge in [-0.15, -0.1) is 0 Å². The molecule has 1 aliphatic heterocycles. The minimum absolute atomic E-state index is 0.0708. The number of rotatable bonds is 5. The quantitative estimate of drug-likeness (QED) is 0.800. The second-order valence-electron chi connectivity index (χ2n) is 5.85. The van der Waals surface area contributed by atoms with E-state index in [4.69, 9.17) is 4.74 Å². The summed E-state index contributed by atoms with van der Waals surface area (Å²) >= 11 is 3.46. The molecule has 1 saturated heterocycles. The van der Waals surface area contributed by atoms with Crippen molar-refractivity contribution >= 4 is 33.6 Å². The highest BCUT2D eigenvalue weighted by Crippen LogP contribution is 2.20. The smallest absolute Gasteiger partial charge is 0.409 e. The van der Waals surface area contributed by atoms with Gasteiger partial charge in [-0.25, -0.2) is 4.79 Å². The number of carbonyl (C=O) groups excluding carboxylic acids is 2. The molecular formula is C17H24BrN3O3. The molecule has 1 heterocycles. The number of hydrogen-bond acceptors (Lipinski definition) is 4. The van der Waals surface area contributed by atoms with Gasteiger partial charge < -0.3 is 20.3 Å². The van der Waals surface area contributed by atoms with Gasteiger partial charge in [0.15, 0.2) is 0 Å². The zero-order chi connectivity index (χ0) is 17.5. The van der Waals surface area contributed by atoms with Gasteiger partial charge in [0.2, 0.25) is 5.91 Å². The number of anilines is 1. The molecule has 132 valence electrons. The van der Waals surface area contributed by atoms with E-state index in [0.717, 1.165) is 28.6 Å². The van der Waals surface area contributed by atoms with Crippen molar-refractivity contribution in [3.05, 3.63) is 28.2 Å². The van der Waals surface area contributed by atoms with Gasteiger partial charge >= 0.3 is 6.09 Å². The summed E-state index contributed by atoms with van der Waals surface area (Å²) in [6.45, 7) is 5.77. The number of benzene rings is 1. The highest BCUT2D eigenvalue weighted by atomic mass is 79.9. The molecule has 24 heavy (non-hydrogen) atoms. The van der Waals surface area contributed by atoms with E-state index in [1.54, 1.807) is 11.8 Å². The molecule has 6 nitrogen and oxygen atoms in total. The Labute approximate surface area is 151 Å². The minimum Gasteiger partial charge on any atom is -0.450 e. The summed E-state index contributed by atoms with van der Waals surface area (Å²) in [5.41, 5.74) is 1.90. The zero-order valence-corrected chi connectivity index (χ0v) is 15.7. The summed E-state index contributed by atoms with van der Waals surface area (Å²) in [5.74, 6) is -0.0708. The fourth-order valence-electron chi connectivity index (χ4n) is 2.59. The van der Waals surface area contributed by atoms with Crippen LogP contribution in [0.2, 0.25) is 0 Å². The first-order chi connectivity index (χ1) is 11.5. The molecule has 2 N–H and O–H groups in total. The van der Waals surface area contributed by atoms with Gasteiger partial charge in [-0.05, 0) is 44.4 Å². The van der Waals surface area contributed by atoms with Crippen LogP contribution in [0.15, 0.2) is 22.7 Å². The van der Waals surface area contributed by atoms with Gasteiger partial charge in [-0.3, -0.25) is 4.79 Å². The Morgan fingerprint density at radius 3 is 2.67 bits per heavy atom. The Balaban J connectivity index is 1.71. The molecule has 0 atom stereocenters. The second kappa shape index (κ2) is 9.03. The molecule has 1 fully saturated rings. The second-order valence-corrected chi connectivity index (χ2v) is 6.71. The van der Waals surface area contributed by atoms with E-state index >= 15 is 0 Å². The maximum Gasteiger partial charge on any atom is 0.409 e. The van der Waals surface area contributed by atoms with Crippen molar-refractivity contribution in [1.82, 2.24) is 10.2 Å². The van der Waals surface area contributed by atoms with Gasteiger partial charge in [-0.1, -0.05) is 22.0 Å². The summed E-state index contributed by atoms with van der Waals surface area (Å²) in [4.78, 5) is 25.4. The molecule has 1 aromatic rings. The summed E-state index contributed by atoms with van der Waals surface area (Å²) in [6.07, 6.45) is 1.39. The fraction of sp³-hybridized carbons (Fsp3) is 0.529. The van der Waals surface area contributed by atoms with Crippen molar-refractivity contribution in [1.29, 1.82) is 0 Å². The summed E-state index contributed by atoms with van der Waals surface area (Å²) < 4.78 is 5.97. The van der Waals surface area contributed by atoms with Crippen LogP contribution in [-0.2, 0) is 9.53 Å². The molecule has 0 saturated carbocycles. The Kier molecular flexibility index (Phi) is 7.05. The van der Waals surface area contributed by atoms with Crippen LogP contribution >= 0.6 is 15.9 Å². The number of amides is 2. The van der Waals surface area contributed by atoms with Crippen molar-refractivity contribution in [2.24, 2.45) is 0 Å². The SMILES string of the molecule is CCOC(=O)N1CCC(NCC(=O)Nc2ccc(C)c(Br)c2)CC1. The number of aryl methyl sites for hydroxylation is 1. The van der Waals surface area contributed by atoms with E-state index < -0.39 is 0 Å². The molecule has 0 aliphatic carbocycles. The maximum absolute atomic E-state index is 12.0. The number of nitrogens with zero attached hydrogens (tertiary/aromatic N) is 1. The standard InChI is InChI=1S/C17H24BrN3O3/c1-3-24-17(23)21-8-6-13(7-9-21)19-11-16(22)20-14-5-4-12(2)15(18)10-14/h4-5,10,13,19H,3,6-9,11H2,1-2H3,(H,20,22). The van der Waals surface area contributed by atoms with E-state index in [-0.39, 0.29) is 24.6 Å². The number of hydrogen-bond donors (Lipinski definition) is 2. The van der Waals surface area contributed by atoms with Crippen LogP contribution in [0.3, 0.4) is 0 Å². The van der Waals surface area contributed by atoms with Crippen molar-refractivity contribution in [3.63, 3.8) is 0 Å². The van der Waals surface area contributed by atoms with Crippen molar-refractivity contribution in [2.45, 2.75) is 32.7 Å². The van der Waals surface area contributed by atoms with Crippen LogP contribution in [0.5, 0.6) is 0 Å². The summed E-state index contributed by atoms with van der Waals surface area (Å²) in [6, 6.07) is 5.98. The molecule has 0 bridgehead atoms. The van der Waals surface area contributed by atoms with Gasteiger partial charge in [0.25, 0.3) is 0 Å². The van der Waals surface area contributed by atoms with Gasteiger partial charge in [0.1, 0.15) is 0 Å². The minimum atomic E-state index is -0.251. The number of carbonyl (C=O) groups is 2.